The molecule has 0 unspecified atom stereocenters. The Morgan fingerprint density at radius 3 is 2.58 bits per heavy atom. The molecule has 7 heteroatoms. The SMILES string of the molecule is CN=C(NCC1(c2ccccc2OC)CC1)N1CCS(=O)(=O)C(C)(C)C1. The molecule has 0 bridgehead atoms. The lowest BCUT2D eigenvalue weighted by molar-refractivity contribution is 0.351. The Morgan fingerprint density at radius 1 is 1.31 bits per heavy atom. The Hall–Kier alpha value is -1.76. The van der Waals surface area contributed by atoms with Crippen LogP contribution in [-0.2, 0) is 15.3 Å². The molecule has 6 nitrogen and oxygen atoms in total. The first-order chi connectivity index (χ1) is 12.2. The van der Waals surface area contributed by atoms with Crippen molar-refractivity contribution in [2.75, 3.05) is 39.5 Å². The molecule has 26 heavy (non-hydrogen) atoms. The van der Waals surface area contributed by atoms with Crippen LogP contribution in [0.15, 0.2) is 29.3 Å². The Balaban J connectivity index is 1.71. The lowest BCUT2D eigenvalue weighted by Gasteiger charge is -2.39. The topological polar surface area (TPSA) is 71.0 Å². The molecule has 2 aliphatic rings. The molecule has 3 rings (SSSR count). The number of ether oxygens (including phenoxy) is 1. The third kappa shape index (κ3) is 3.41. The van der Waals surface area contributed by atoms with Crippen LogP contribution in [0.25, 0.3) is 0 Å². The smallest absolute Gasteiger partial charge is 0.193 e. The highest BCUT2D eigenvalue weighted by atomic mass is 32.2. The summed E-state index contributed by atoms with van der Waals surface area (Å²) in [6.45, 7) is 5.28. The van der Waals surface area contributed by atoms with Crippen LogP contribution in [0, 0.1) is 0 Å². The van der Waals surface area contributed by atoms with Crippen LogP contribution < -0.4 is 10.1 Å². The molecular formula is C19H29N3O3S. The highest BCUT2D eigenvalue weighted by Gasteiger charge is 2.47. The molecule has 0 spiro atoms. The van der Waals surface area contributed by atoms with E-state index in [1.54, 1.807) is 28.0 Å². The highest BCUT2D eigenvalue weighted by molar-refractivity contribution is 7.92. The fourth-order valence-corrected chi connectivity index (χ4v) is 5.05. The van der Waals surface area contributed by atoms with Gasteiger partial charge in [0.1, 0.15) is 5.75 Å². The van der Waals surface area contributed by atoms with Gasteiger partial charge in [-0.1, -0.05) is 18.2 Å². The van der Waals surface area contributed by atoms with Crippen molar-refractivity contribution in [2.45, 2.75) is 36.9 Å². The van der Waals surface area contributed by atoms with Gasteiger partial charge in [-0.15, -0.1) is 0 Å². The summed E-state index contributed by atoms with van der Waals surface area (Å²) in [6, 6.07) is 8.17. The van der Waals surface area contributed by atoms with E-state index >= 15 is 0 Å². The number of sulfone groups is 1. The number of para-hydroxylation sites is 1. The van der Waals surface area contributed by atoms with Crippen LogP contribution in [-0.4, -0.2) is 63.6 Å². The van der Waals surface area contributed by atoms with Crippen LogP contribution >= 0.6 is 0 Å². The number of hydrogen-bond donors (Lipinski definition) is 1. The quantitative estimate of drug-likeness (QED) is 0.638. The maximum atomic E-state index is 12.2. The third-order valence-corrected chi connectivity index (χ3v) is 8.20. The van der Waals surface area contributed by atoms with Crippen molar-refractivity contribution in [1.82, 2.24) is 10.2 Å². The summed E-state index contributed by atoms with van der Waals surface area (Å²) in [7, 11) is 0.397. The van der Waals surface area contributed by atoms with E-state index < -0.39 is 14.6 Å². The first-order valence-electron chi connectivity index (χ1n) is 9.06. The van der Waals surface area contributed by atoms with Gasteiger partial charge in [0.2, 0.25) is 0 Å². The lowest BCUT2D eigenvalue weighted by Crippen LogP contribution is -2.57. The number of benzene rings is 1. The molecule has 1 saturated heterocycles. The zero-order valence-corrected chi connectivity index (χ0v) is 16.9. The van der Waals surface area contributed by atoms with Crippen molar-refractivity contribution < 1.29 is 13.2 Å². The van der Waals surface area contributed by atoms with E-state index in [-0.39, 0.29) is 11.2 Å². The normalized spacial score (nSPS) is 23.4. The molecule has 1 aliphatic carbocycles. The van der Waals surface area contributed by atoms with Gasteiger partial charge < -0.3 is 15.0 Å². The molecular weight excluding hydrogens is 350 g/mol. The standard InChI is InChI=1S/C19H29N3O3S/c1-18(2)14-22(11-12-26(18,23)24)17(20-3)21-13-19(9-10-19)15-7-5-6-8-16(15)25-4/h5-8H,9-14H2,1-4H3,(H,20,21). The zero-order chi connectivity index (χ0) is 19.0. The summed E-state index contributed by atoms with van der Waals surface area (Å²) >= 11 is 0. The first-order valence-corrected chi connectivity index (χ1v) is 10.7. The summed E-state index contributed by atoms with van der Waals surface area (Å²) in [4.78, 5) is 6.45. The van der Waals surface area contributed by atoms with Gasteiger partial charge in [-0.05, 0) is 32.8 Å². The molecule has 2 fully saturated rings. The van der Waals surface area contributed by atoms with Gasteiger partial charge in [-0.2, -0.15) is 0 Å². The molecule has 144 valence electrons. The molecule has 1 aliphatic heterocycles. The summed E-state index contributed by atoms with van der Waals surface area (Å²) in [5.41, 5.74) is 1.30. The van der Waals surface area contributed by atoms with Crippen molar-refractivity contribution in [1.29, 1.82) is 0 Å². The number of hydrogen-bond acceptors (Lipinski definition) is 4. The van der Waals surface area contributed by atoms with Gasteiger partial charge in [0, 0.05) is 37.7 Å². The molecule has 0 aromatic heterocycles. The van der Waals surface area contributed by atoms with Crippen LogP contribution in [0.3, 0.4) is 0 Å². The number of rotatable bonds is 4. The van der Waals surface area contributed by atoms with Crippen LogP contribution in [0.5, 0.6) is 5.75 Å². The van der Waals surface area contributed by atoms with Crippen LogP contribution in [0.1, 0.15) is 32.3 Å². The maximum Gasteiger partial charge on any atom is 0.193 e. The number of nitrogens with zero attached hydrogens (tertiary/aromatic N) is 2. The summed E-state index contributed by atoms with van der Waals surface area (Å²) in [6.07, 6.45) is 2.22. The Kier molecular flexibility index (Phi) is 4.94. The van der Waals surface area contributed by atoms with Crippen molar-refractivity contribution in [3.63, 3.8) is 0 Å². The summed E-state index contributed by atoms with van der Waals surface area (Å²) in [5.74, 6) is 1.86. The molecule has 1 heterocycles. The largest absolute Gasteiger partial charge is 0.496 e. The first kappa shape index (κ1) is 19.0. The Bertz CT molecular complexity index is 798. The zero-order valence-electron chi connectivity index (χ0n) is 16.1. The van der Waals surface area contributed by atoms with E-state index in [4.69, 9.17) is 4.74 Å². The van der Waals surface area contributed by atoms with Gasteiger partial charge in [-0.25, -0.2) is 8.42 Å². The molecule has 1 N–H and O–H groups in total. The molecule has 1 saturated carbocycles. The van der Waals surface area contributed by atoms with Crippen molar-refractivity contribution in [2.24, 2.45) is 4.99 Å². The monoisotopic (exact) mass is 379 g/mol. The summed E-state index contributed by atoms with van der Waals surface area (Å²) < 4.78 is 29.3. The van der Waals surface area contributed by atoms with Crippen molar-refractivity contribution >= 4 is 15.8 Å². The molecule has 1 aromatic carbocycles. The van der Waals surface area contributed by atoms with Gasteiger partial charge >= 0.3 is 0 Å². The Morgan fingerprint density at radius 2 is 2.00 bits per heavy atom. The molecule has 0 amide bonds. The predicted octanol–water partition coefficient (Wildman–Crippen LogP) is 1.81. The fourth-order valence-electron chi connectivity index (χ4n) is 3.68. The fraction of sp³-hybridized carbons (Fsp3) is 0.632. The lowest BCUT2D eigenvalue weighted by atomic mass is 9.95. The number of aliphatic imine (C=N–C) groups is 1. The van der Waals surface area contributed by atoms with Gasteiger partial charge in [-0.3, -0.25) is 4.99 Å². The van der Waals surface area contributed by atoms with Gasteiger partial charge in [0.25, 0.3) is 0 Å². The average molecular weight is 380 g/mol. The highest BCUT2D eigenvalue weighted by Crippen LogP contribution is 2.50. The molecule has 0 atom stereocenters. The second-order valence-electron chi connectivity index (χ2n) is 7.88. The Labute approximate surface area is 156 Å². The second kappa shape index (κ2) is 6.76. The van der Waals surface area contributed by atoms with E-state index in [0.717, 1.165) is 31.1 Å². The average Bonchev–Trinajstić information content (AvgIpc) is 3.39. The maximum absolute atomic E-state index is 12.2. The second-order valence-corrected chi connectivity index (χ2v) is 10.6. The predicted molar refractivity (Wildman–Crippen MR) is 105 cm³/mol. The van der Waals surface area contributed by atoms with E-state index in [0.29, 0.717) is 13.1 Å². The number of guanidine groups is 1. The van der Waals surface area contributed by atoms with Crippen LogP contribution in [0.2, 0.25) is 0 Å². The minimum Gasteiger partial charge on any atom is -0.496 e. The van der Waals surface area contributed by atoms with Crippen molar-refractivity contribution in [3.8, 4) is 5.75 Å². The van der Waals surface area contributed by atoms with Crippen molar-refractivity contribution in [3.05, 3.63) is 29.8 Å². The van der Waals surface area contributed by atoms with Gasteiger partial charge in [0.05, 0.1) is 17.6 Å². The number of methoxy groups -OCH3 is 1. The van der Waals surface area contributed by atoms with E-state index in [1.807, 2.05) is 18.2 Å². The molecule has 1 aromatic rings. The van der Waals surface area contributed by atoms with E-state index in [2.05, 4.69) is 21.3 Å². The minimum atomic E-state index is -3.06. The number of nitrogens with one attached hydrogen (secondary N) is 1. The van der Waals surface area contributed by atoms with Crippen LogP contribution in [0.4, 0.5) is 0 Å². The van der Waals surface area contributed by atoms with E-state index in [9.17, 15) is 8.42 Å². The minimum absolute atomic E-state index is 0.0694. The van der Waals surface area contributed by atoms with Gasteiger partial charge in [0.15, 0.2) is 15.8 Å². The molecule has 0 radical (unpaired) electrons. The third-order valence-electron chi connectivity index (χ3n) is 5.67. The van der Waals surface area contributed by atoms with E-state index in [1.165, 1.54) is 5.56 Å². The summed E-state index contributed by atoms with van der Waals surface area (Å²) in [5, 5.41) is 3.48.